The van der Waals surface area contributed by atoms with Gasteiger partial charge in [-0.3, -0.25) is 4.98 Å². The minimum atomic E-state index is -0.902. The van der Waals surface area contributed by atoms with Gasteiger partial charge in [0.05, 0.1) is 19.4 Å². The number of ether oxygens (including phenoxy) is 1. The van der Waals surface area contributed by atoms with Crippen molar-refractivity contribution in [2.45, 2.75) is 6.04 Å². The van der Waals surface area contributed by atoms with Gasteiger partial charge in [0.15, 0.2) is 6.04 Å². The number of hydrogen-bond donors (Lipinski definition) is 1. The van der Waals surface area contributed by atoms with Crippen LogP contribution in [0.3, 0.4) is 0 Å². The predicted octanol–water partition coefficient (Wildman–Crippen LogP) is -0.234. The first-order valence-corrected chi connectivity index (χ1v) is 4.62. The van der Waals surface area contributed by atoms with E-state index in [9.17, 15) is 4.79 Å². The molecule has 2 rings (SSSR count). The van der Waals surface area contributed by atoms with E-state index in [0.717, 1.165) is 0 Å². The summed E-state index contributed by atoms with van der Waals surface area (Å²) in [5.41, 5.74) is 0. The first kappa shape index (κ1) is 9.85. The van der Waals surface area contributed by atoms with Gasteiger partial charge in [-0.1, -0.05) is 0 Å². The fraction of sp³-hybridized carbons (Fsp3) is 0.444. The van der Waals surface area contributed by atoms with Crippen molar-refractivity contribution < 1.29 is 14.6 Å². The average Bonchev–Trinajstić information content (AvgIpc) is 2.30. The number of anilines is 1. The minimum Gasteiger partial charge on any atom is -0.480 e. The number of hydrogen-bond acceptors (Lipinski definition) is 5. The smallest absolute Gasteiger partial charge is 0.328 e. The van der Waals surface area contributed by atoms with Crippen LogP contribution in [0.2, 0.25) is 0 Å². The van der Waals surface area contributed by atoms with Gasteiger partial charge in [0.2, 0.25) is 0 Å². The summed E-state index contributed by atoms with van der Waals surface area (Å²) in [6.07, 6.45) is 4.66. The average molecular weight is 209 g/mol. The molecule has 1 aliphatic rings. The number of carboxylic acids is 1. The summed E-state index contributed by atoms with van der Waals surface area (Å²) < 4.78 is 5.12. The molecule has 0 amide bonds. The summed E-state index contributed by atoms with van der Waals surface area (Å²) in [6, 6.07) is -0.671. The van der Waals surface area contributed by atoms with Crippen LogP contribution in [0, 0.1) is 0 Å². The lowest BCUT2D eigenvalue weighted by molar-refractivity contribution is -0.141. The Balaban J connectivity index is 2.22. The second-order valence-corrected chi connectivity index (χ2v) is 3.19. The molecule has 2 heterocycles. The van der Waals surface area contributed by atoms with Crippen LogP contribution in [0.25, 0.3) is 0 Å². The van der Waals surface area contributed by atoms with Gasteiger partial charge >= 0.3 is 5.97 Å². The van der Waals surface area contributed by atoms with Crippen molar-refractivity contribution in [2.75, 3.05) is 24.7 Å². The van der Waals surface area contributed by atoms with Gasteiger partial charge in [0.25, 0.3) is 0 Å². The van der Waals surface area contributed by atoms with Crippen LogP contribution in [-0.4, -0.2) is 46.8 Å². The zero-order valence-electron chi connectivity index (χ0n) is 8.04. The Labute approximate surface area is 86.5 Å². The zero-order valence-corrected chi connectivity index (χ0v) is 8.04. The molecule has 1 N–H and O–H groups in total. The van der Waals surface area contributed by atoms with E-state index in [1.165, 1.54) is 0 Å². The Kier molecular flexibility index (Phi) is 2.77. The lowest BCUT2D eigenvalue weighted by atomic mass is 10.2. The van der Waals surface area contributed by atoms with Gasteiger partial charge in [0, 0.05) is 18.9 Å². The third-order valence-corrected chi connectivity index (χ3v) is 2.26. The number of carbonyl (C=O) groups is 1. The molecule has 15 heavy (non-hydrogen) atoms. The number of aliphatic carboxylic acids is 1. The molecule has 1 aromatic rings. The third kappa shape index (κ3) is 2.04. The van der Waals surface area contributed by atoms with E-state index < -0.39 is 12.0 Å². The molecule has 0 aliphatic carbocycles. The van der Waals surface area contributed by atoms with Crippen LogP contribution in [0.4, 0.5) is 5.82 Å². The fourth-order valence-corrected chi connectivity index (χ4v) is 1.52. The Morgan fingerprint density at radius 3 is 3.13 bits per heavy atom. The summed E-state index contributed by atoms with van der Waals surface area (Å²) in [7, 11) is 0. The van der Waals surface area contributed by atoms with Gasteiger partial charge in [-0.25, -0.2) is 9.78 Å². The normalized spacial score (nSPS) is 21.3. The van der Waals surface area contributed by atoms with Crippen LogP contribution in [-0.2, 0) is 9.53 Å². The number of nitrogens with zero attached hydrogens (tertiary/aromatic N) is 3. The first-order chi connectivity index (χ1) is 7.29. The molecule has 0 saturated carbocycles. The number of aromatic nitrogens is 2. The molecule has 0 radical (unpaired) electrons. The van der Waals surface area contributed by atoms with E-state index in [0.29, 0.717) is 19.0 Å². The molecule has 1 aliphatic heterocycles. The van der Waals surface area contributed by atoms with E-state index in [-0.39, 0.29) is 6.61 Å². The van der Waals surface area contributed by atoms with Gasteiger partial charge in [-0.2, -0.15) is 0 Å². The topological polar surface area (TPSA) is 75.6 Å². The molecule has 1 saturated heterocycles. The second-order valence-electron chi connectivity index (χ2n) is 3.19. The van der Waals surface area contributed by atoms with E-state index >= 15 is 0 Å². The molecule has 0 bridgehead atoms. The largest absolute Gasteiger partial charge is 0.480 e. The van der Waals surface area contributed by atoms with Crippen molar-refractivity contribution in [3.05, 3.63) is 18.6 Å². The highest BCUT2D eigenvalue weighted by molar-refractivity contribution is 5.78. The van der Waals surface area contributed by atoms with E-state index in [2.05, 4.69) is 9.97 Å². The fourth-order valence-electron chi connectivity index (χ4n) is 1.52. The molecule has 6 heteroatoms. The SMILES string of the molecule is O=C(O)C1COCCN1c1cnccn1. The minimum absolute atomic E-state index is 0.186. The van der Waals surface area contributed by atoms with Crippen molar-refractivity contribution in [2.24, 2.45) is 0 Å². The Bertz CT molecular complexity index is 344. The Morgan fingerprint density at radius 2 is 2.47 bits per heavy atom. The molecule has 0 aromatic carbocycles. The molecule has 1 unspecified atom stereocenters. The van der Waals surface area contributed by atoms with Crippen LogP contribution in [0.5, 0.6) is 0 Å². The van der Waals surface area contributed by atoms with Crippen molar-refractivity contribution >= 4 is 11.8 Å². The third-order valence-electron chi connectivity index (χ3n) is 2.26. The van der Waals surface area contributed by atoms with Crippen LogP contribution >= 0.6 is 0 Å². The highest BCUT2D eigenvalue weighted by Crippen LogP contribution is 2.15. The second kappa shape index (κ2) is 4.22. The monoisotopic (exact) mass is 209 g/mol. The maximum atomic E-state index is 11.0. The Hall–Kier alpha value is -1.69. The van der Waals surface area contributed by atoms with Gasteiger partial charge in [-0.05, 0) is 0 Å². The van der Waals surface area contributed by atoms with E-state index in [1.807, 2.05) is 0 Å². The number of carboxylic acid groups (broad SMARTS) is 1. The summed E-state index contributed by atoms with van der Waals surface area (Å²) in [5.74, 6) is -0.325. The van der Waals surface area contributed by atoms with Gasteiger partial charge < -0.3 is 14.7 Å². The molecular formula is C9H11N3O3. The van der Waals surface area contributed by atoms with Crippen LogP contribution < -0.4 is 4.90 Å². The highest BCUT2D eigenvalue weighted by atomic mass is 16.5. The molecule has 1 atom stereocenters. The molecule has 6 nitrogen and oxygen atoms in total. The number of morpholine rings is 1. The summed E-state index contributed by atoms with van der Waals surface area (Å²) in [4.78, 5) is 20.7. The summed E-state index contributed by atoms with van der Waals surface area (Å²) >= 11 is 0. The van der Waals surface area contributed by atoms with Gasteiger partial charge in [-0.15, -0.1) is 0 Å². The first-order valence-electron chi connectivity index (χ1n) is 4.62. The lowest BCUT2D eigenvalue weighted by Gasteiger charge is -2.33. The zero-order chi connectivity index (χ0) is 10.7. The van der Waals surface area contributed by atoms with E-state index in [1.54, 1.807) is 23.5 Å². The maximum Gasteiger partial charge on any atom is 0.328 e. The molecule has 0 spiro atoms. The van der Waals surface area contributed by atoms with E-state index in [4.69, 9.17) is 9.84 Å². The standard InChI is InChI=1S/C9H11N3O3/c13-9(14)7-6-15-4-3-12(7)8-5-10-1-2-11-8/h1-2,5,7H,3-4,6H2,(H,13,14). The summed E-state index contributed by atoms with van der Waals surface area (Å²) in [5, 5.41) is 9.00. The van der Waals surface area contributed by atoms with Gasteiger partial charge in [0.1, 0.15) is 5.82 Å². The molecular weight excluding hydrogens is 198 g/mol. The Morgan fingerprint density at radius 1 is 1.60 bits per heavy atom. The predicted molar refractivity (Wildman–Crippen MR) is 51.6 cm³/mol. The van der Waals surface area contributed by atoms with Crippen LogP contribution in [0.1, 0.15) is 0 Å². The molecule has 1 aromatic heterocycles. The van der Waals surface area contributed by atoms with Crippen LogP contribution in [0.15, 0.2) is 18.6 Å². The quantitative estimate of drug-likeness (QED) is 0.724. The summed E-state index contributed by atoms with van der Waals surface area (Å²) in [6.45, 7) is 1.22. The van der Waals surface area contributed by atoms with Crippen molar-refractivity contribution in [3.63, 3.8) is 0 Å². The van der Waals surface area contributed by atoms with Crippen molar-refractivity contribution in [3.8, 4) is 0 Å². The maximum absolute atomic E-state index is 11.0. The highest BCUT2D eigenvalue weighted by Gasteiger charge is 2.30. The molecule has 1 fully saturated rings. The molecule has 80 valence electrons. The van der Waals surface area contributed by atoms with Crippen molar-refractivity contribution in [1.82, 2.24) is 9.97 Å². The van der Waals surface area contributed by atoms with Crippen molar-refractivity contribution in [1.29, 1.82) is 0 Å². The lowest BCUT2D eigenvalue weighted by Crippen LogP contribution is -2.50. The number of rotatable bonds is 2.